The zero-order valence-electron chi connectivity index (χ0n) is 14.1. The number of hydrogen-bond donors (Lipinski definition) is 0. The number of rotatable bonds is 4. The van der Waals surface area contributed by atoms with E-state index in [0.29, 0.717) is 42.0 Å². The highest BCUT2D eigenvalue weighted by atomic mass is 79.9. The van der Waals surface area contributed by atoms with Crippen LogP contribution in [0.2, 0.25) is 10.0 Å². The van der Waals surface area contributed by atoms with Crippen molar-refractivity contribution in [2.75, 3.05) is 19.1 Å². The Labute approximate surface area is 184 Å². The number of hydrogen-bond acceptors (Lipinski definition) is 5. The lowest BCUT2D eigenvalue weighted by Gasteiger charge is -2.15. The van der Waals surface area contributed by atoms with Gasteiger partial charge >= 0.3 is 0 Å². The number of amides is 1. The fourth-order valence-corrected chi connectivity index (χ4v) is 4.50. The maximum atomic E-state index is 12.9. The molecule has 1 aliphatic rings. The number of nitrogens with zero attached hydrogens (tertiary/aromatic N) is 1. The first kappa shape index (κ1) is 20.5. The van der Waals surface area contributed by atoms with Gasteiger partial charge in [-0.25, -0.2) is 0 Å². The van der Waals surface area contributed by atoms with E-state index in [-0.39, 0.29) is 5.91 Å². The van der Waals surface area contributed by atoms with Gasteiger partial charge in [0.25, 0.3) is 5.91 Å². The molecule has 1 amide bonds. The second-order valence-electron chi connectivity index (χ2n) is 5.35. The first-order valence-corrected chi connectivity index (χ1v) is 10.3. The Bertz CT molecular complexity index is 981. The van der Waals surface area contributed by atoms with E-state index in [4.69, 9.17) is 44.9 Å². The molecule has 0 N–H and O–H groups in total. The minimum atomic E-state index is -0.228. The average molecular weight is 505 g/mol. The summed E-state index contributed by atoms with van der Waals surface area (Å²) in [4.78, 5) is 14.8. The van der Waals surface area contributed by atoms with Gasteiger partial charge in [0.05, 0.1) is 34.9 Å². The molecule has 1 heterocycles. The Hall–Kier alpha value is -1.25. The van der Waals surface area contributed by atoms with Crippen LogP contribution in [0.15, 0.2) is 39.7 Å². The number of anilines is 1. The molecule has 0 unspecified atom stereocenters. The number of carbonyl (C=O) groups excluding carboxylic acids is 1. The van der Waals surface area contributed by atoms with Crippen LogP contribution in [0.25, 0.3) is 6.08 Å². The lowest BCUT2D eigenvalue weighted by molar-refractivity contribution is -0.113. The SMILES string of the molecule is COc1cc(/C=C2\SC(=S)N(c3ccc(Br)c(Cl)c3)C2=O)cc(Cl)c1OC. The zero-order chi connectivity index (χ0) is 19.7. The van der Waals surface area contributed by atoms with E-state index in [1.54, 1.807) is 36.4 Å². The van der Waals surface area contributed by atoms with Crippen molar-refractivity contribution in [3.63, 3.8) is 0 Å². The molecular weight excluding hydrogens is 493 g/mol. The maximum absolute atomic E-state index is 12.9. The Kier molecular flexibility index (Phi) is 6.38. The Morgan fingerprint density at radius 3 is 2.52 bits per heavy atom. The summed E-state index contributed by atoms with van der Waals surface area (Å²) in [5, 5.41) is 0.885. The third-order valence-corrected chi connectivity index (χ3v) is 6.52. The zero-order valence-corrected chi connectivity index (χ0v) is 18.8. The standard InChI is InChI=1S/C18H12BrCl2NO3S2/c1-24-14-6-9(5-13(21)16(14)25-2)7-15-17(23)22(18(26)27-15)10-3-4-11(19)12(20)8-10/h3-8H,1-2H3/b15-7-. The van der Waals surface area contributed by atoms with Gasteiger partial charge in [0, 0.05) is 4.47 Å². The molecule has 9 heteroatoms. The molecule has 4 nitrogen and oxygen atoms in total. The number of halogens is 3. The molecule has 27 heavy (non-hydrogen) atoms. The van der Waals surface area contributed by atoms with Crippen molar-refractivity contribution in [2.45, 2.75) is 0 Å². The Morgan fingerprint density at radius 2 is 1.89 bits per heavy atom. The van der Waals surface area contributed by atoms with Crippen LogP contribution in [-0.4, -0.2) is 24.4 Å². The van der Waals surface area contributed by atoms with Crippen LogP contribution in [-0.2, 0) is 4.79 Å². The molecule has 2 aromatic carbocycles. The van der Waals surface area contributed by atoms with Crippen molar-refractivity contribution in [3.8, 4) is 11.5 Å². The molecule has 1 saturated heterocycles. The van der Waals surface area contributed by atoms with Gasteiger partial charge < -0.3 is 9.47 Å². The summed E-state index contributed by atoms with van der Waals surface area (Å²) in [6.45, 7) is 0. The van der Waals surface area contributed by atoms with Gasteiger partial charge in [0.15, 0.2) is 15.8 Å². The number of methoxy groups -OCH3 is 2. The van der Waals surface area contributed by atoms with Crippen molar-refractivity contribution in [3.05, 3.63) is 55.3 Å². The predicted octanol–water partition coefficient (Wildman–Crippen LogP) is 6.18. The predicted molar refractivity (Wildman–Crippen MR) is 119 cm³/mol. The summed E-state index contributed by atoms with van der Waals surface area (Å²) in [7, 11) is 3.03. The average Bonchev–Trinajstić information content (AvgIpc) is 2.90. The van der Waals surface area contributed by atoms with Crippen LogP contribution in [0.5, 0.6) is 11.5 Å². The molecule has 0 aromatic heterocycles. The molecule has 0 saturated carbocycles. The van der Waals surface area contributed by atoms with Crippen molar-refractivity contribution >= 4 is 85.1 Å². The topological polar surface area (TPSA) is 38.8 Å². The van der Waals surface area contributed by atoms with Crippen LogP contribution in [0.4, 0.5) is 5.69 Å². The molecule has 2 aromatic rings. The van der Waals surface area contributed by atoms with Gasteiger partial charge in [-0.2, -0.15) is 0 Å². The summed E-state index contributed by atoms with van der Waals surface area (Å²) in [5.41, 5.74) is 1.31. The highest BCUT2D eigenvalue weighted by Crippen LogP contribution is 2.40. The molecule has 0 radical (unpaired) electrons. The van der Waals surface area contributed by atoms with E-state index in [1.165, 1.54) is 30.9 Å². The molecular formula is C18H12BrCl2NO3S2. The van der Waals surface area contributed by atoms with Gasteiger partial charge in [0.1, 0.15) is 0 Å². The van der Waals surface area contributed by atoms with Crippen molar-refractivity contribution in [1.82, 2.24) is 0 Å². The third kappa shape index (κ3) is 4.12. The van der Waals surface area contributed by atoms with Crippen LogP contribution in [0.3, 0.4) is 0 Å². The number of ether oxygens (including phenoxy) is 2. The normalized spacial score (nSPS) is 15.6. The molecule has 3 rings (SSSR count). The number of thioether (sulfide) groups is 1. The second kappa shape index (κ2) is 8.41. The highest BCUT2D eigenvalue weighted by molar-refractivity contribution is 9.10. The molecule has 0 bridgehead atoms. The van der Waals surface area contributed by atoms with E-state index >= 15 is 0 Å². The highest BCUT2D eigenvalue weighted by Gasteiger charge is 2.33. The monoisotopic (exact) mass is 503 g/mol. The molecule has 140 valence electrons. The fraction of sp³-hybridized carbons (Fsp3) is 0.111. The van der Waals surface area contributed by atoms with Crippen molar-refractivity contribution in [1.29, 1.82) is 0 Å². The molecule has 0 spiro atoms. The fourth-order valence-electron chi connectivity index (χ4n) is 2.49. The lowest BCUT2D eigenvalue weighted by atomic mass is 10.1. The van der Waals surface area contributed by atoms with Gasteiger partial charge in [-0.05, 0) is 57.9 Å². The number of thiocarbonyl (C=S) groups is 1. The summed E-state index contributed by atoms with van der Waals surface area (Å²) in [6, 6.07) is 8.68. The molecule has 1 fully saturated rings. The third-order valence-electron chi connectivity index (χ3n) is 3.71. The molecule has 0 atom stereocenters. The summed E-state index contributed by atoms with van der Waals surface area (Å²) >= 11 is 22.3. The maximum Gasteiger partial charge on any atom is 0.270 e. The summed E-state index contributed by atoms with van der Waals surface area (Å²) in [5.74, 6) is 0.689. The first-order valence-electron chi connectivity index (χ1n) is 7.50. The summed E-state index contributed by atoms with van der Waals surface area (Å²) < 4.78 is 11.7. The smallest absolute Gasteiger partial charge is 0.270 e. The number of benzene rings is 2. The van der Waals surface area contributed by atoms with E-state index in [0.717, 1.165) is 4.47 Å². The molecule has 1 aliphatic heterocycles. The van der Waals surface area contributed by atoms with Crippen LogP contribution < -0.4 is 14.4 Å². The minimum absolute atomic E-state index is 0.228. The van der Waals surface area contributed by atoms with E-state index < -0.39 is 0 Å². The lowest BCUT2D eigenvalue weighted by Crippen LogP contribution is -2.27. The summed E-state index contributed by atoms with van der Waals surface area (Å²) in [6.07, 6.45) is 1.72. The van der Waals surface area contributed by atoms with Gasteiger partial charge in [-0.3, -0.25) is 9.69 Å². The van der Waals surface area contributed by atoms with Gasteiger partial charge in [-0.15, -0.1) is 0 Å². The van der Waals surface area contributed by atoms with E-state index in [2.05, 4.69) is 15.9 Å². The molecule has 0 aliphatic carbocycles. The first-order chi connectivity index (χ1) is 12.8. The quantitative estimate of drug-likeness (QED) is 0.367. The second-order valence-corrected chi connectivity index (χ2v) is 8.70. The number of carbonyl (C=O) groups is 1. The Balaban J connectivity index is 1.97. The van der Waals surface area contributed by atoms with Gasteiger partial charge in [0.2, 0.25) is 0 Å². The minimum Gasteiger partial charge on any atom is -0.493 e. The van der Waals surface area contributed by atoms with Crippen LogP contribution >= 0.6 is 63.1 Å². The van der Waals surface area contributed by atoms with Crippen molar-refractivity contribution < 1.29 is 14.3 Å². The van der Waals surface area contributed by atoms with Gasteiger partial charge in [-0.1, -0.05) is 47.2 Å². The van der Waals surface area contributed by atoms with E-state index in [1.807, 2.05) is 0 Å². The Morgan fingerprint density at radius 1 is 1.15 bits per heavy atom. The van der Waals surface area contributed by atoms with E-state index in [9.17, 15) is 4.79 Å². The van der Waals surface area contributed by atoms with Crippen LogP contribution in [0.1, 0.15) is 5.56 Å². The largest absolute Gasteiger partial charge is 0.493 e. The van der Waals surface area contributed by atoms with Crippen molar-refractivity contribution in [2.24, 2.45) is 0 Å². The van der Waals surface area contributed by atoms with Crippen LogP contribution in [0, 0.1) is 0 Å².